The largest absolute Gasteiger partial charge is 0.376 e. The Morgan fingerprint density at radius 1 is 1.72 bits per heavy atom. The number of nitro groups is 1. The number of ether oxygens (including phenoxy) is 1. The molecule has 18 heavy (non-hydrogen) atoms. The van der Waals surface area contributed by atoms with E-state index in [1.54, 1.807) is 0 Å². The molecule has 1 aromatic heterocycles. The zero-order chi connectivity index (χ0) is 13.0. The van der Waals surface area contributed by atoms with Gasteiger partial charge in [0.15, 0.2) is 0 Å². The molecule has 1 aliphatic rings. The van der Waals surface area contributed by atoms with Crippen LogP contribution in [0, 0.1) is 10.1 Å². The van der Waals surface area contributed by atoms with Gasteiger partial charge in [-0.05, 0) is 12.8 Å². The van der Waals surface area contributed by atoms with E-state index in [4.69, 9.17) is 4.74 Å². The summed E-state index contributed by atoms with van der Waals surface area (Å²) in [5.74, 6) is -0.233. The number of hydrogen-bond donors (Lipinski definition) is 1. The maximum absolute atomic E-state index is 11.6. The molecule has 0 unspecified atom stereocenters. The van der Waals surface area contributed by atoms with Gasteiger partial charge in [0.2, 0.25) is 5.91 Å². The van der Waals surface area contributed by atoms with Crippen molar-refractivity contribution in [3.8, 4) is 0 Å². The van der Waals surface area contributed by atoms with Gasteiger partial charge >= 0.3 is 5.69 Å². The summed E-state index contributed by atoms with van der Waals surface area (Å²) in [6, 6.07) is 0. The van der Waals surface area contributed by atoms with Crippen molar-refractivity contribution in [2.45, 2.75) is 25.5 Å². The molecule has 1 saturated heterocycles. The Bertz CT molecular complexity index is 439. The SMILES string of the molecule is O=C(Cn1cc([N+](=O)[O-])cn1)NC[C@@H]1CCCO1. The second-order valence-corrected chi connectivity index (χ2v) is 4.09. The Hall–Kier alpha value is -1.96. The molecule has 0 spiro atoms. The highest BCUT2D eigenvalue weighted by Gasteiger charge is 2.16. The normalized spacial score (nSPS) is 18.8. The maximum atomic E-state index is 11.6. The summed E-state index contributed by atoms with van der Waals surface area (Å²) in [4.78, 5) is 21.4. The highest BCUT2D eigenvalue weighted by molar-refractivity contribution is 5.75. The zero-order valence-electron chi connectivity index (χ0n) is 9.74. The van der Waals surface area contributed by atoms with Gasteiger partial charge in [0.25, 0.3) is 0 Å². The third kappa shape index (κ3) is 3.27. The van der Waals surface area contributed by atoms with Gasteiger partial charge in [-0.3, -0.25) is 19.6 Å². The molecule has 8 nitrogen and oxygen atoms in total. The minimum atomic E-state index is -0.548. The highest BCUT2D eigenvalue weighted by Crippen LogP contribution is 2.10. The molecular weight excluding hydrogens is 240 g/mol. The molecule has 1 aromatic rings. The van der Waals surface area contributed by atoms with Crippen LogP contribution < -0.4 is 5.32 Å². The number of hydrogen-bond acceptors (Lipinski definition) is 5. The molecule has 1 aliphatic heterocycles. The van der Waals surface area contributed by atoms with Crippen molar-refractivity contribution in [2.75, 3.05) is 13.2 Å². The first-order valence-electron chi connectivity index (χ1n) is 5.70. The molecular formula is C10H14N4O4. The van der Waals surface area contributed by atoms with Crippen LogP contribution in [-0.4, -0.2) is 39.9 Å². The average Bonchev–Trinajstić information content (AvgIpc) is 2.96. The molecule has 2 rings (SSSR count). The van der Waals surface area contributed by atoms with Gasteiger partial charge in [-0.1, -0.05) is 0 Å². The predicted molar refractivity (Wildman–Crippen MR) is 60.9 cm³/mol. The number of carbonyl (C=O) groups excluding carboxylic acids is 1. The van der Waals surface area contributed by atoms with Gasteiger partial charge < -0.3 is 10.1 Å². The average molecular weight is 254 g/mol. The van der Waals surface area contributed by atoms with Gasteiger partial charge in [-0.15, -0.1) is 0 Å². The van der Waals surface area contributed by atoms with Crippen LogP contribution in [0.25, 0.3) is 0 Å². The number of amides is 1. The number of rotatable bonds is 5. The second-order valence-electron chi connectivity index (χ2n) is 4.09. The molecule has 0 aliphatic carbocycles. The summed E-state index contributed by atoms with van der Waals surface area (Å²) in [6.07, 6.45) is 4.40. The maximum Gasteiger partial charge on any atom is 0.307 e. The van der Waals surface area contributed by atoms with Crippen molar-refractivity contribution in [3.05, 3.63) is 22.5 Å². The minimum Gasteiger partial charge on any atom is -0.376 e. The fraction of sp³-hybridized carbons (Fsp3) is 0.600. The second kappa shape index (κ2) is 5.58. The molecule has 0 radical (unpaired) electrons. The van der Waals surface area contributed by atoms with Crippen LogP contribution in [0.15, 0.2) is 12.4 Å². The summed E-state index contributed by atoms with van der Waals surface area (Å²) in [6.45, 7) is 1.19. The number of nitrogens with zero attached hydrogens (tertiary/aromatic N) is 3. The molecule has 1 fully saturated rings. The molecule has 0 bridgehead atoms. The first-order chi connectivity index (χ1) is 8.65. The lowest BCUT2D eigenvalue weighted by atomic mass is 10.2. The topological polar surface area (TPSA) is 99.3 Å². The van der Waals surface area contributed by atoms with Gasteiger partial charge in [0.05, 0.1) is 11.0 Å². The van der Waals surface area contributed by atoms with E-state index in [-0.39, 0.29) is 24.2 Å². The fourth-order valence-electron chi connectivity index (χ4n) is 1.77. The smallest absolute Gasteiger partial charge is 0.307 e. The molecule has 8 heteroatoms. The van der Waals surface area contributed by atoms with Crippen LogP contribution in [0.5, 0.6) is 0 Å². The first-order valence-corrected chi connectivity index (χ1v) is 5.70. The molecule has 2 heterocycles. The highest BCUT2D eigenvalue weighted by atomic mass is 16.6. The van der Waals surface area contributed by atoms with Crippen LogP contribution in [0.2, 0.25) is 0 Å². The Labute approximate surface area is 103 Å². The van der Waals surface area contributed by atoms with E-state index in [0.29, 0.717) is 6.54 Å². The van der Waals surface area contributed by atoms with Gasteiger partial charge in [-0.25, -0.2) is 0 Å². The number of carbonyl (C=O) groups is 1. The number of aromatic nitrogens is 2. The fourth-order valence-corrected chi connectivity index (χ4v) is 1.77. The lowest BCUT2D eigenvalue weighted by Crippen LogP contribution is -2.34. The summed E-state index contributed by atoms with van der Waals surface area (Å²) in [7, 11) is 0. The Kier molecular flexibility index (Phi) is 3.88. The van der Waals surface area contributed by atoms with E-state index < -0.39 is 4.92 Å². The zero-order valence-corrected chi connectivity index (χ0v) is 9.74. The van der Waals surface area contributed by atoms with E-state index in [2.05, 4.69) is 10.4 Å². The van der Waals surface area contributed by atoms with Gasteiger partial charge in [0, 0.05) is 13.2 Å². The molecule has 1 N–H and O–H groups in total. The Morgan fingerprint density at radius 3 is 3.17 bits per heavy atom. The van der Waals surface area contributed by atoms with Crippen molar-refractivity contribution >= 4 is 11.6 Å². The van der Waals surface area contributed by atoms with Crippen molar-refractivity contribution in [1.82, 2.24) is 15.1 Å². The van der Waals surface area contributed by atoms with E-state index >= 15 is 0 Å². The van der Waals surface area contributed by atoms with E-state index in [1.165, 1.54) is 10.9 Å². The summed E-state index contributed by atoms with van der Waals surface area (Å²) in [5.41, 5.74) is -0.123. The summed E-state index contributed by atoms with van der Waals surface area (Å²) < 4.78 is 6.60. The summed E-state index contributed by atoms with van der Waals surface area (Å²) >= 11 is 0. The molecule has 98 valence electrons. The first kappa shape index (κ1) is 12.5. The van der Waals surface area contributed by atoms with E-state index in [0.717, 1.165) is 25.6 Å². The third-order valence-electron chi connectivity index (χ3n) is 2.69. The molecule has 1 atom stereocenters. The van der Waals surface area contributed by atoms with Gasteiger partial charge in [0.1, 0.15) is 18.9 Å². The van der Waals surface area contributed by atoms with Crippen LogP contribution in [0.3, 0.4) is 0 Å². The van der Waals surface area contributed by atoms with Gasteiger partial charge in [-0.2, -0.15) is 5.10 Å². The van der Waals surface area contributed by atoms with Crippen molar-refractivity contribution in [2.24, 2.45) is 0 Å². The molecule has 0 saturated carbocycles. The Balaban J connectivity index is 1.77. The quantitative estimate of drug-likeness (QED) is 0.592. The lowest BCUT2D eigenvalue weighted by Gasteiger charge is -2.10. The minimum absolute atomic E-state index is 0.0272. The van der Waals surface area contributed by atoms with Crippen molar-refractivity contribution < 1.29 is 14.5 Å². The van der Waals surface area contributed by atoms with E-state index in [9.17, 15) is 14.9 Å². The van der Waals surface area contributed by atoms with E-state index in [1.807, 2.05) is 0 Å². The molecule has 0 aromatic carbocycles. The van der Waals surface area contributed by atoms with Crippen LogP contribution >= 0.6 is 0 Å². The molecule has 1 amide bonds. The third-order valence-corrected chi connectivity index (χ3v) is 2.69. The predicted octanol–water partition coefficient (Wildman–Crippen LogP) is 0.0865. The van der Waals surface area contributed by atoms with Crippen molar-refractivity contribution in [1.29, 1.82) is 0 Å². The van der Waals surface area contributed by atoms with Crippen LogP contribution in [0.1, 0.15) is 12.8 Å². The number of nitrogens with one attached hydrogen (secondary N) is 1. The monoisotopic (exact) mass is 254 g/mol. The van der Waals surface area contributed by atoms with Crippen LogP contribution in [-0.2, 0) is 16.1 Å². The summed E-state index contributed by atoms with van der Waals surface area (Å²) in [5, 5.41) is 16.9. The van der Waals surface area contributed by atoms with Crippen LogP contribution in [0.4, 0.5) is 5.69 Å². The van der Waals surface area contributed by atoms with Crippen molar-refractivity contribution in [3.63, 3.8) is 0 Å². The standard InChI is InChI=1S/C10H14N4O4/c15-10(11-5-9-2-1-3-18-9)7-13-6-8(4-12-13)14(16)17/h4,6,9H,1-3,5,7H2,(H,11,15)/t9-/m0/s1. The lowest BCUT2D eigenvalue weighted by molar-refractivity contribution is -0.385. The Morgan fingerprint density at radius 2 is 2.56 bits per heavy atom.